The molecular weight excluding hydrogens is 288 g/mol. The first kappa shape index (κ1) is 15.2. The minimum Gasteiger partial charge on any atom is -0.488 e. The fourth-order valence-electron chi connectivity index (χ4n) is 2.46. The van der Waals surface area contributed by atoms with Crippen molar-refractivity contribution in [3.8, 4) is 5.75 Å². The Morgan fingerprint density at radius 1 is 1.13 bits per heavy atom. The molecule has 0 fully saturated rings. The van der Waals surface area contributed by atoms with Gasteiger partial charge in [0.25, 0.3) is 5.91 Å². The van der Waals surface area contributed by atoms with Gasteiger partial charge in [-0.1, -0.05) is 30.3 Å². The normalized spacial score (nSPS) is 12.7. The highest BCUT2D eigenvalue weighted by molar-refractivity contribution is 5.99. The lowest BCUT2D eigenvalue weighted by atomic mass is 10.1. The van der Waals surface area contributed by atoms with E-state index >= 15 is 0 Å². The third-order valence-electron chi connectivity index (χ3n) is 3.83. The number of benzene rings is 2. The van der Waals surface area contributed by atoms with Crippen molar-refractivity contribution in [3.05, 3.63) is 65.2 Å². The van der Waals surface area contributed by atoms with Gasteiger partial charge >= 0.3 is 0 Å². The number of fused-ring (bicyclic) bond motifs is 1. The molecule has 0 bridgehead atoms. The average Bonchev–Trinajstić information content (AvgIpc) is 2.59. The van der Waals surface area contributed by atoms with Crippen molar-refractivity contribution in [2.45, 2.75) is 6.54 Å². The SMILES string of the molecule is CN(C)c1ccc(CNC(=O)C2=Cc3ccccc3OC2)cc1. The maximum atomic E-state index is 12.3. The van der Waals surface area contributed by atoms with Crippen molar-refractivity contribution in [2.24, 2.45) is 0 Å². The van der Waals surface area contributed by atoms with Gasteiger partial charge in [0.1, 0.15) is 12.4 Å². The molecule has 23 heavy (non-hydrogen) atoms. The molecule has 0 radical (unpaired) electrons. The van der Waals surface area contributed by atoms with E-state index in [2.05, 4.69) is 5.32 Å². The summed E-state index contributed by atoms with van der Waals surface area (Å²) in [5, 5.41) is 2.95. The number of para-hydroxylation sites is 1. The molecule has 0 atom stereocenters. The zero-order valence-corrected chi connectivity index (χ0v) is 13.4. The number of carbonyl (C=O) groups excluding carboxylic acids is 1. The molecule has 4 nitrogen and oxygen atoms in total. The van der Waals surface area contributed by atoms with E-state index in [9.17, 15) is 4.79 Å². The lowest BCUT2D eigenvalue weighted by Crippen LogP contribution is -2.28. The number of amides is 1. The first-order chi connectivity index (χ1) is 11.1. The summed E-state index contributed by atoms with van der Waals surface area (Å²) >= 11 is 0. The highest BCUT2D eigenvalue weighted by atomic mass is 16.5. The molecule has 1 N–H and O–H groups in total. The van der Waals surface area contributed by atoms with E-state index in [1.165, 1.54) is 0 Å². The number of carbonyl (C=O) groups is 1. The van der Waals surface area contributed by atoms with Gasteiger partial charge in [-0.25, -0.2) is 0 Å². The van der Waals surface area contributed by atoms with Crippen LogP contribution in [-0.4, -0.2) is 26.6 Å². The Bertz CT molecular complexity index is 733. The summed E-state index contributed by atoms with van der Waals surface area (Å²) in [5.74, 6) is 0.736. The Labute approximate surface area is 136 Å². The number of nitrogens with one attached hydrogen (secondary N) is 1. The summed E-state index contributed by atoms with van der Waals surface area (Å²) in [6.07, 6.45) is 1.89. The minimum atomic E-state index is -0.0869. The monoisotopic (exact) mass is 308 g/mol. The van der Waals surface area contributed by atoms with Crippen molar-refractivity contribution in [2.75, 3.05) is 25.6 Å². The van der Waals surface area contributed by atoms with E-state index in [0.717, 1.165) is 22.6 Å². The van der Waals surface area contributed by atoms with E-state index in [0.29, 0.717) is 18.7 Å². The second kappa shape index (κ2) is 6.57. The second-order valence-electron chi connectivity index (χ2n) is 5.74. The minimum absolute atomic E-state index is 0.0869. The third kappa shape index (κ3) is 3.54. The fourth-order valence-corrected chi connectivity index (χ4v) is 2.46. The van der Waals surface area contributed by atoms with Gasteiger partial charge in [-0.15, -0.1) is 0 Å². The van der Waals surface area contributed by atoms with Gasteiger partial charge in [-0.2, -0.15) is 0 Å². The highest BCUT2D eigenvalue weighted by Crippen LogP contribution is 2.25. The average molecular weight is 308 g/mol. The van der Waals surface area contributed by atoms with Gasteiger partial charge in [0, 0.05) is 31.9 Å². The topological polar surface area (TPSA) is 41.6 Å². The summed E-state index contributed by atoms with van der Waals surface area (Å²) in [6, 6.07) is 15.9. The van der Waals surface area contributed by atoms with Crippen LogP contribution in [0.3, 0.4) is 0 Å². The van der Waals surface area contributed by atoms with E-state index in [1.54, 1.807) is 0 Å². The zero-order chi connectivity index (χ0) is 16.2. The molecule has 2 aromatic rings. The van der Waals surface area contributed by atoms with Gasteiger partial charge in [0.15, 0.2) is 0 Å². The first-order valence-corrected chi connectivity index (χ1v) is 7.60. The standard InChI is InChI=1S/C19H20N2O2/c1-21(2)17-9-7-14(8-10-17)12-20-19(22)16-11-15-5-3-4-6-18(15)23-13-16/h3-11H,12-13H2,1-2H3,(H,20,22). The van der Waals surface area contributed by atoms with Crippen LogP contribution in [-0.2, 0) is 11.3 Å². The van der Waals surface area contributed by atoms with Gasteiger partial charge in [0.05, 0.1) is 5.57 Å². The fraction of sp³-hybridized carbons (Fsp3) is 0.211. The molecule has 0 aliphatic carbocycles. The van der Waals surface area contributed by atoms with Crippen molar-refractivity contribution < 1.29 is 9.53 Å². The Morgan fingerprint density at radius 2 is 1.87 bits per heavy atom. The number of rotatable bonds is 4. The molecule has 1 aliphatic heterocycles. The van der Waals surface area contributed by atoms with Gasteiger partial charge in [-0.05, 0) is 29.8 Å². The molecule has 1 heterocycles. The van der Waals surface area contributed by atoms with Crippen LogP contribution in [0.5, 0.6) is 5.75 Å². The predicted octanol–water partition coefficient (Wildman–Crippen LogP) is 2.84. The van der Waals surface area contributed by atoms with Gasteiger partial charge in [-0.3, -0.25) is 4.79 Å². The molecule has 4 heteroatoms. The van der Waals surface area contributed by atoms with Crippen LogP contribution in [0.15, 0.2) is 54.1 Å². The summed E-state index contributed by atoms with van der Waals surface area (Å²) in [5.41, 5.74) is 3.80. The molecule has 2 aromatic carbocycles. The number of hydrogen-bond donors (Lipinski definition) is 1. The van der Waals surface area contributed by atoms with Crippen LogP contribution in [0.1, 0.15) is 11.1 Å². The third-order valence-corrected chi connectivity index (χ3v) is 3.83. The highest BCUT2D eigenvalue weighted by Gasteiger charge is 2.16. The van der Waals surface area contributed by atoms with Gasteiger partial charge in [0.2, 0.25) is 0 Å². The number of anilines is 1. The van der Waals surface area contributed by atoms with Crippen LogP contribution in [0.4, 0.5) is 5.69 Å². The van der Waals surface area contributed by atoms with Crippen LogP contribution >= 0.6 is 0 Å². The maximum absolute atomic E-state index is 12.3. The van der Waals surface area contributed by atoms with Gasteiger partial charge < -0.3 is 15.0 Å². The van der Waals surface area contributed by atoms with Crippen molar-refractivity contribution >= 4 is 17.7 Å². The maximum Gasteiger partial charge on any atom is 0.250 e. The molecule has 0 saturated heterocycles. The quantitative estimate of drug-likeness (QED) is 0.944. The summed E-state index contributed by atoms with van der Waals surface area (Å²) in [6.45, 7) is 0.813. The first-order valence-electron chi connectivity index (χ1n) is 7.60. The largest absolute Gasteiger partial charge is 0.488 e. The second-order valence-corrected chi connectivity index (χ2v) is 5.74. The molecule has 3 rings (SSSR count). The Hall–Kier alpha value is -2.75. The molecule has 0 unspecified atom stereocenters. The Balaban J connectivity index is 1.63. The van der Waals surface area contributed by atoms with Crippen LogP contribution < -0.4 is 15.0 Å². The number of nitrogens with zero attached hydrogens (tertiary/aromatic N) is 1. The molecule has 1 amide bonds. The number of hydrogen-bond acceptors (Lipinski definition) is 3. The lowest BCUT2D eigenvalue weighted by molar-refractivity contribution is -0.117. The number of ether oxygens (including phenoxy) is 1. The smallest absolute Gasteiger partial charge is 0.250 e. The van der Waals surface area contributed by atoms with Crippen LogP contribution in [0.25, 0.3) is 6.08 Å². The molecule has 118 valence electrons. The summed E-state index contributed by atoms with van der Waals surface area (Å²) < 4.78 is 5.62. The molecule has 1 aliphatic rings. The molecule has 0 spiro atoms. The van der Waals surface area contributed by atoms with E-state index < -0.39 is 0 Å². The summed E-state index contributed by atoms with van der Waals surface area (Å²) in [4.78, 5) is 14.3. The molecule has 0 saturated carbocycles. The van der Waals surface area contributed by atoms with Crippen LogP contribution in [0, 0.1) is 0 Å². The van der Waals surface area contributed by atoms with E-state index in [1.807, 2.05) is 73.6 Å². The lowest BCUT2D eigenvalue weighted by Gasteiger charge is -2.17. The van der Waals surface area contributed by atoms with E-state index in [4.69, 9.17) is 4.74 Å². The van der Waals surface area contributed by atoms with E-state index in [-0.39, 0.29) is 5.91 Å². The Kier molecular flexibility index (Phi) is 4.33. The molecular formula is C19H20N2O2. The predicted molar refractivity (Wildman–Crippen MR) is 92.5 cm³/mol. The van der Waals surface area contributed by atoms with Crippen molar-refractivity contribution in [1.82, 2.24) is 5.32 Å². The van der Waals surface area contributed by atoms with Crippen LogP contribution in [0.2, 0.25) is 0 Å². The zero-order valence-electron chi connectivity index (χ0n) is 13.4. The van der Waals surface area contributed by atoms with Crippen molar-refractivity contribution in [1.29, 1.82) is 0 Å². The Morgan fingerprint density at radius 3 is 2.61 bits per heavy atom. The summed E-state index contributed by atoms with van der Waals surface area (Å²) in [7, 11) is 4.01. The van der Waals surface area contributed by atoms with Crippen molar-refractivity contribution in [3.63, 3.8) is 0 Å². The molecule has 0 aromatic heterocycles.